The summed E-state index contributed by atoms with van der Waals surface area (Å²) in [5.41, 5.74) is 1.91. The molecule has 2 aromatic rings. The predicted octanol–water partition coefficient (Wildman–Crippen LogP) is 4.29. The number of ether oxygens (including phenoxy) is 1. The number of likely N-dealkylation sites (N-methyl/N-ethyl adjacent to an activating group) is 1. The minimum Gasteiger partial charge on any atom is -0.455 e. The average molecular weight is 364 g/mol. The number of hydrogen-bond donors (Lipinski definition) is 2. The Morgan fingerprint density at radius 2 is 1.88 bits per heavy atom. The third-order valence-electron chi connectivity index (χ3n) is 3.28. The monoisotopic (exact) mass is 363 g/mol. The molecule has 2 rings (SSSR count). The van der Waals surface area contributed by atoms with E-state index in [2.05, 4.69) is 15.5 Å². The number of aryl methyl sites for hydroxylation is 1. The van der Waals surface area contributed by atoms with Crippen LogP contribution in [0.2, 0.25) is 5.02 Å². The van der Waals surface area contributed by atoms with Gasteiger partial charge in [-0.1, -0.05) is 29.3 Å². The van der Waals surface area contributed by atoms with Crippen LogP contribution >= 0.6 is 23.8 Å². The van der Waals surface area contributed by atoms with E-state index >= 15 is 0 Å². The van der Waals surface area contributed by atoms with Crippen LogP contribution in [0.3, 0.4) is 0 Å². The summed E-state index contributed by atoms with van der Waals surface area (Å²) < 4.78 is 5.95. The van der Waals surface area contributed by atoms with Crippen LogP contribution in [0.4, 0.5) is 5.69 Å². The van der Waals surface area contributed by atoms with Gasteiger partial charge in [-0.25, -0.2) is 0 Å². The molecule has 0 heterocycles. The Kier molecular flexibility index (Phi) is 6.85. The first-order valence-electron chi connectivity index (χ1n) is 7.67. The number of nitrogens with one attached hydrogen (secondary N) is 2. The summed E-state index contributed by atoms with van der Waals surface area (Å²) in [6, 6.07) is 13.3. The van der Waals surface area contributed by atoms with E-state index < -0.39 is 0 Å². The Labute approximate surface area is 153 Å². The first-order chi connectivity index (χ1) is 11.4. The third-order valence-corrected chi connectivity index (χ3v) is 3.76. The van der Waals surface area contributed by atoms with Crippen LogP contribution in [0.1, 0.15) is 5.56 Å². The molecule has 0 aliphatic rings. The molecule has 0 amide bonds. The van der Waals surface area contributed by atoms with Crippen molar-refractivity contribution in [2.45, 2.75) is 6.92 Å². The standard InChI is InChI=1S/C18H22ClN3OS/c1-13-4-7-15(8-5-13)23-17-9-6-14(19)12-16(17)21-18(24)20-10-11-22(2)3/h4-9,12H,10-11H2,1-3H3,(H2,20,21,24). The van der Waals surface area contributed by atoms with Crippen LogP contribution < -0.4 is 15.4 Å². The highest BCUT2D eigenvalue weighted by atomic mass is 35.5. The van der Waals surface area contributed by atoms with Crippen molar-refractivity contribution in [2.24, 2.45) is 0 Å². The highest BCUT2D eigenvalue weighted by Crippen LogP contribution is 2.32. The second kappa shape index (κ2) is 8.87. The molecule has 0 spiro atoms. The zero-order valence-electron chi connectivity index (χ0n) is 14.1. The number of rotatable bonds is 6. The summed E-state index contributed by atoms with van der Waals surface area (Å²) in [5, 5.41) is 7.46. The molecule has 0 fully saturated rings. The van der Waals surface area contributed by atoms with E-state index in [0.29, 0.717) is 15.9 Å². The van der Waals surface area contributed by atoms with Gasteiger partial charge in [0, 0.05) is 18.1 Å². The number of halogens is 1. The SMILES string of the molecule is Cc1ccc(Oc2ccc(Cl)cc2NC(=S)NCCN(C)C)cc1. The molecule has 6 heteroatoms. The molecule has 0 bridgehead atoms. The van der Waals surface area contributed by atoms with Crippen LogP contribution in [-0.2, 0) is 0 Å². The predicted molar refractivity (Wildman–Crippen MR) is 105 cm³/mol. The van der Waals surface area contributed by atoms with Crippen LogP contribution in [0.5, 0.6) is 11.5 Å². The van der Waals surface area contributed by atoms with Crippen molar-refractivity contribution >= 4 is 34.6 Å². The molecule has 0 aromatic heterocycles. The van der Waals surface area contributed by atoms with Gasteiger partial charge < -0.3 is 20.3 Å². The van der Waals surface area contributed by atoms with Crippen molar-refractivity contribution < 1.29 is 4.74 Å². The van der Waals surface area contributed by atoms with Gasteiger partial charge in [-0.15, -0.1) is 0 Å². The molecule has 128 valence electrons. The Balaban J connectivity index is 2.06. The molecule has 24 heavy (non-hydrogen) atoms. The Hall–Kier alpha value is -1.82. The van der Waals surface area contributed by atoms with Crippen molar-refractivity contribution in [1.29, 1.82) is 0 Å². The van der Waals surface area contributed by atoms with Crippen LogP contribution in [-0.4, -0.2) is 37.2 Å². The fourth-order valence-corrected chi connectivity index (χ4v) is 2.37. The lowest BCUT2D eigenvalue weighted by Gasteiger charge is -2.16. The molecular formula is C18H22ClN3OS. The molecule has 0 radical (unpaired) electrons. The van der Waals surface area contributed by atoms with Gasteiger partial charge in [0.05, 0.1) is 5.69 Å². The number of nitrogens with zero attached hydrogens (tertiary/aromatic N) is 1. The van der Waals surface area contributed by atoms with Crippen LogP contribution in [0, 0.1) is 6.92 Å². The molecule has 0 unspecified atom stereocenters. The highest BCUT2D eigenvalue weighted by molar-refractivity contribution is 7.80. The summed E-state index contributed by atoms with van der Waals surface area (Å²) in [6.45, 7) is 3.69. The van der Waals surface area contributed by atoms with Gasteiger partial charge in [-0.3, -0.25) is 0 Å². The summed E-state index contributed by atoms with van der Waals surface area (Å²) in [5.74, 6) is 1.43. The van der Waals surface area contributed by atoms with Gasteiger partial charge in [0.2, 0.25) is 0 Å². The fourth-order valence-electron chi connectivity index (χ4n) is 1.98. The molecule has 0 aliphatic carbocycles. The fraction of sp³-hybridized carbons (Fsp3) is 0.278. The molecule has 0 saturated heterocycles. The van der Waals surface area contributed by atoms with Crippen molar-refractivity contribution in [3.63, 3.8) is 0 Å². The number of thiocarbonyl (C=S) groups is 1. The summed E-state index contributed by atoms with van der Waals surface area (Å²) in [6.07, 6.45) is 0. The van der Waals surface area contributed by atoms with Gasteiger partial charge in [-0.2, -0.15) is 0 Å². The molecular weight excluding hydrogens is 342 g/mol. The third kappa shape index (κ3) is 6.00. The zero-order chi connectivity index (χ0) is 17.5. The molecule has 0 saturated carbocycles. The Bertz CT molecular complexity index is 689. The quantitative estimate of drug-likeness (QED) is 0.749. The van der Waals surface area contributed by atoms with Crippen molar-refractivity contribution in [1.82, 2.24) is 10.2 Å². The van der Waals surface area contributed by atoms with E-state index in [-0.39, 0.29) is 0 Å². The van der Waals surface area contributed by atoms with Crippen molar-refractivity contribution in [2.75, 3.05) is 32.5 Å². The molecule has 0 atom stereocenters. The van der Waals surface area contributed by atoms with Gasteiger partial charge in [0.15, 0.2) is 10.9 Å². The zero-order valence-corrected chi connectivity index (χ0v) is 15.7. The number of benzene rings is 2. The normalized spacial score (nSPS) is 10.5. The maximum Gasteiger partial charge on any atom is 0.170 e. The van der Waals surface area contributed by atoms with Gasteiger partial charge >= 0.3 is 0 Å². The maximum atomic E-state index is 6.10. The summed E-state index contributed by atoms with van der Waals surface area (Å²) >= 11 is 11.4. The molecule has 0 aliphatic heterocycles. The van der Waals surface area contributed by atoms with Crippen molar-refractivity contribution in [3.05, 3.63) is 53.1 Å². The highest BCUT2D eigenvalue weighted by Gasteiger charge is 2.08. The lowest BCUT2D eigenvalue weighted by molar-refractivity contribution is 0.413. The lowest BCUT2D eigenvalue weighted by atomic mass is 10.2. The van der Waals surface area contributed by atoms with E-state index in [9.17, 15) is 0 Å². The maximum absolute atomic E-state index is 6.10. The topological polar surface area (TPSA) is 36.5 Å². The molecule has 4 nitrogen and oxygen atoms in total. The van der Waals surface area contributed by atoms with E-state index in [4.69, 9.17) is 28.6 Å². The molecule has 2 aromatic carbocycles. The average Bonchev–Trinajstić information content (AvgIpc) is 2.51. The van der Waals surface area contributed by atoms with Crippen molar-refractivity contribution in [3.8, 4) is 11.5 Å². The number of hydrogen-bond acceptors (Lipinski definition) is 3. The van der Waals surface area contributed by atoms with Crippen LogP contribution in [0.15, 0.2) is 42.5 Å². The van der Waals surface area contributed by atoms with Gasteiger partial charge in [-0.05, 0) is 63.6 Å². The smallest absolute Gasteiger partial charge is 0.170 e. The van der Waals surface area contributed by atoms with Gasteiger partial charge in [0.25, 0.3) is 0 Å². The summed E-state index contributed by atoms with van der Waals surface area (Å²) in [7, 11) is 4.03. The van der Waals surface area contributed by atoms with E-state index in [1.54, 1.807) is 12.1 Å². The van der Waals surface area contributed by atoms with E-state index in [1.165, 1.54) is 5.56 Å². The Morgan fingerprint density at radius 1 is 1.17 bits per heavy atom. The number of anilines is 1. The van der Waals surface area contributed by atoms with E-state index in [0.717, 1.165) is 24.5 Å². The van der Waals surface area contributed by atoms with Gasteiger partial charge in [0.1, 0.15) is 5.75 Å². The minimum absolute atomic E-state index is 0.535. The first kappa shape index (κ1) is 18.5. The largest absolute Gasteiger partial charge is 0.455 e. The van der Waals surface area contributed by atoms with E-state index in [1.807, 2.05) is 51.4 Å². The lowest BCUT2D eigenvalue weighted by Crippen LogP contribution is -2.34. The van der Waals surface area contributed by atoms with Crippen LogP contribution in [0.25, 0.3) is 0 Å². The second-order valence-corrected chi connectivity index (χ2v) is 6.58. The minimum atomic E-state index is 0.535. The first-order valence-corrected chi connectivity index (χ1v) is 8.46. The second-order valence-electron chi connectivity index (χ2n) is 5.74. The Morgan fingerprint density at radius 3 is 2.54 bits per heavy atom. The summed E-state index contributed by atoms with van der Waals surface area (Å²) in [4.78, 5) is 2.08. The molecule has 2 N–H and O–H groups in total.